The molecule has 0 unspecified atom stereocenters. The molecular weight excluding hydrogens is 454 g/mol. The molecule has 0 bridgehead atoms. The van der Waals surface area contributed by atoms with Crippen LogP contribution in [0.3, 0.4) is 0 Å². The molecule has 0 saturated carbocycles. The number of aromatic nitrogens is 2. The van der Waals surface area contributed by atoms with Crippen molar-refractivity contribution in [1.82, 2.24) is 20.4 Å². The Labute approximate surface area is 202 Å². The van der Waals surface area contributed by atoms with E-state index in [-0.39, 0.29) is 23.4 Å². The normalized spacial score (nSPS) is 13.9. The molecule has 2 aromatic carbocycles. The quantitative estimate of drug-likeness (QED) is 0.484. The van der Waals surface area contributed by atoms with Crippen molar-refractivity contribution in [2.45, 2.75) is 13.5 Å². The van der Waals surface area contributed by atoms with E-state index in [1.807, 2.05) is 31.2 Å². The number of carbonyl (C=O) groups is 2. The monoisotopic (exact) mass is 481 g/mol. The van der Waals surface area contributed by atoms with Gasteiger partial charge >= 0.3 is 0 Å². The molecule has 0 radical (unpaired) electrons. The molecule has 2 heterocycles. The fourth-order valence-corrected chi connectivity index (χ4v) is 4.09. The lowest BCUT2D eigenvalue weighted by Crippen LogP contribution is -2.41. The average molecular weight is 482 g/mol. The standard InChI is InChI=1S/C24H27N5O4S/c1-17-5-2-3-8-20(17)33-16-21-27-28-24(34-21)23(31)26-19-7-4-6-18(15-19)22(30)25-9-10-29-11-13-32-14-12-29/h2-8,15H,9-14,16H2,1H3,(H,25,30)(H,26,31). The Bertz CT molecular complexity index is 1130. The number of hydrogen-bond donors (Lipinski definition) is 2. The Morgan fingerprint density at radius 1 is 1.09 bits per heavy atom. The summed E-state index contributed by atoms with van der Waals surface area (Å²) in [5.41, 5.74) is 2.01. The summed E-state index contributed by atoms with van der Waals surface area (Å²) in [6.07, 6.45) is 0. The third-order valence-electron chi connectivity index (χ3n) is 5.31. The SMILES string of the molecule is Cc1ccccc1OCc1nnc(C(=O)Nc2cccc(C(=O)NCCN3CCOCC3)c2)s1. The predicted molar refractivity (Wildman–Crippen MR) is 129 cm³/mol. The number of ether oxygens (including phenoxy) is 2. The van der Waals surface area contributed by atoms with Crippen molar-refractivity contribution in [2.24, 2.45) is 0 Å². The highest BCUT2D eigenvalue weighted by Gasteiger charge is 2.15. The Morgan fingerprint density at radius 2 is 1.91 bits per heavy atom. The molecule has 3 aromatic rings. The third kappa shape index (κ3) is 6.60. The van der Waals surface area contributed by atoms with Crippen LogP contribution in [0.15, 0.2) is 48.5 Å². The third-order valence-corrected chi connectivity index (χ3v) is 6.20. The first-order chi connectivity index (χ1) is 16.6. The molecule has 2 N–H and O–H groups in total. The minimum atomic E-state index is -0.385. The topological polar surface area (TPSA) is 106 Å². The van der Waals surface area contributed by atoms with Crippen LogP contribution in [-0.2, 0) is 11.3 Å². The molecule has 0 atom stereocenters. The largest absolute Gasteiger partial charge is 0.486 e. The molecule has 2 amide bonds. The summed E-state index contributed by atoms with van der Waals surface area (Å²) in [6, 6.07) is 14.5. The maximum Gasteiger partial charge on any atom is 0.286 e. The second-order valence-electron chi connectivity index (χ2n) is 7.80. The lowest BCUT2D eigenvalue weighted by Gasteiger charge is -2.26. The summed E-state index contributed by atoms with van der Waals surface area (Å²) in [7, 11) is 0. The van der Waals surface area contributed by atoms with E-state index in [9.17, 15) is 9.59 Å². The van der Waals surface area contributed by atoms with Crippen LogP contribution in [0.4, 0.5) is 5.69 Å². The van der Waals surface area contributed by atoms with Crippen LogP contribution < -0.4 is 15.4 Å². The lowest BCUT2D eigenvalue weighted by molar-refractivity contribution is 0.0383. The molecule has 1 aliphatic heterocycles. The summed E-state index contributed by atoms with van der Waals surface area (Å²) in [5, 5.41) is 14.6. The Balaban J connectivity index is 1.28. The fourth-order valence-electron chi connectivity index (χ4n) is 3.44. The molecule has 1 saturated heterocycles. The van der Waals surface area contributed by atoms with Gasteiger partial charge in [-0.1, -0.05) is 35.6 Å². The highest BCUT2D eigenvalue weighted by atomic mass is 32.1. The molecule has 34 heavy (non-hydrogen) atoms. The van der Waals surface area contributed by atoms with Crippen LogP contribution in [0.5, 0.6) is 5.75 Å². The molecular formula is C24H27N5O4S. The van der Waals surface area contributed by atoms with E-state index in [1.54, 1.807) is 24.3 Å². The maximum atomic E-state index is 12.6. The van der Waals surface area contributed by atoms with Gasteiger partial charge in [0.2, 0.25) is 5.01 Å². The number of aryl methyl sites for hydroxylation is 1. The van der Waals surface area contributed by atoms with E-state index < -0.39 is 0 Å². The van der Waals surface area contributed by atoms with Gasteiger partial charge in [0.15, 0.2) is 5.01 Å². The van der Waals surface area contributed by atoms with Crippen molar-refractivity contribution >= 4 is 28.8 Å². The van der Waals surface area contributed by atoms with Gasteiger partial charge in [-0.2, -0.15) is 0 Å². The van der Waals surface area contributed by atoms with Crippen molar-refractivity contribution in [2.75, 3.05) is 44.7 Å². The van der Waals surface area contributed by atoms with Crippen molar-refractivity contribution in [3.8, 4) is 5.75 Å². The van der Waals surface area contributed by atoms with Crippen LogP contribution in [0.1, 0.15) is 30.7 Å². The first kappa shape index (κ1) is 23.8. The zero-order chi connectivity index (χ0) is 23.8. The number of nitrogens with one attached hydrogen (secondary N) is 2. The number of nitrogens with zero attached hydrogens (tertiary/aromatic N) is 3. The van der Waals surface area contributed by atoms with E-state index in [2.05, 4.69) is 25.7 Å². The van der Waals surface area contributed by atoms with Crippen molar-refractivity contribution in [3.63, 3.8) is 0 Å². The second-order valence-corrected chi connectivity index (χ2v) is 8.86. The number of anilines is 1. The van der Waals surface area contributed by atoms with Crippen LogP contribution in [0, 0.1) is 6.92 Å². The summed E-state index contributed by atoms with van der Waals surface area (Å²) in [6.45, 7) is 6.73. The van der Waals surface area contributed by atoms with Crippen LogP contribution >= 0.6 is 11.3 Å². The molecule has 4 rings (SSSR count). The van der Waals surface area contributed by atoms with Gasteiger partial charge in [-0.05, 0) is 36.8 Å². The van der Waals surface area contributed by atoms with Crippen LogP contribution in [0.2, 0.25) is 0 Å². The van der Waals surface area contributed by atoms with E-state index in [1.165, 1.54) is 11.3 Å². The number of rotatable bonds is 9. The van der Waals surface area contributed by atoms with Crippen molar-refractivity contribution in [1.29, 1.82) is 0 Å². The zero-order valence-electron chi connectivity index (χ0n) is 19.0. The predicted octanol–water partition coefficient (Wildman–Crippen LogP) is 2.74. The highest BCUT2D eigenvalue weighted by molar-refractivity contribution is 7.13. The van der Waals surface area contributed by atoms with E-state index in [0.29, 0.717) is 22.8 Å². The minimum absolute atomic E-state index is 0.184. The van der Waals surface area contributed by atoms with Gasteiger partial charge in [-0.15, -0.1) is 10.2 Å². The highest BCUT2D eigenvalue weighted by Crippen LogP contribution is 2.20. The van der Waals surface area contributed by atoms with Gasteiger partial charge < -0.3 is 20.1 Å². The molecule has 178 valence electrons. The smallest absolute Gasteiger partial charge is 0.286 e. The molecule has 10 heteroatoms. The van der Waals surface area contributed by atoms with E-state index >= 15 is 0 Å². The van der Waals surface area contributed by atoms with Gasteiger partial charge in [0, 0.05) is 37.4 Å². The summed E-state index contributed by atoms with van der Waals surface area (Å²) in [5.74, 6) is 0.198. The average Bonchev–Trinajstić information content (AvgIpc) is 3.34. The molecule has 1 aromatic heterocycles. The molecule has 9 nitrogen and oxygen atoms in total. The molecule has 0 spiro atoms. The Hall–Kier alpha value is -3.34. The van der Waals surface area contributed by atoms with Crippen molar-refractivity contribution in [3.05, 3.63) is 69.7 Å². The molecule has 1 fully saturated rings. The summed E-state index contributed by atoms with van der Waals surface area (Å²) >= 11 is 1.17. The van der Waals surface area contributed by atoms with E-state index in [0.717, 1.165) is 44.2 Å². The number of carbonyl (C=O) groups excluding carboxylic acids is 2. The van der Waals surface area contributed by atoms with Gasteiger partial charge in [0.1, 0.15) is 12.4 Å². The first-order valence-electron chi connectivity index (χ1n) is 11.1. The van der Waals surface area contributed by atoms with Crippen molar-refractivity contribution < 1.29 is 19.1 Å². The number of morpholine rings is 1. The second kappa shape index (κ2) is 11.7. The Kier molecular flexibility index (Phi) is 8.18. The minimum Gasteiger partial charge on any atom is -0.486 e. The molecule has 0 aliphatic carbocycles. The summed E-state index contributed by atoms with van der Waals surface area (Å²) in [4.78, 5) is 27.4. The van der Waals surface area contributed by atoms with E-state index in [4.69, 9.17) is 9.47 Å². The van der Waals surface area contributed by atoms with Crippen LogP contribution in [-0.4, -0.2) is 66.3 Å². The zero-order valence-corrected chi connectivity index (χ0v) is 19.8. The maximum absolute atomic E-state index is 12.6. The fraction of sp³-hybridized carbons (Fsp3) is 0.333. The lowest BCUT2D eigenvalue weighted by atomic mass is 10.2. The van der Waals surface area contributed by atoms with Gasteiger partial charge in [0.25, 0.3) is 11.8 Å². The Morgan fingerprint density at radius 3 is 2.74 bits per heavy atom. The number of amides is 2. The number of hydrogen-bond acceptors (Lipinski definition) is 8. The molecule has 1 aliphatic rings. The van der Waals surface area contributed by atoms with Gasteiger partial charge in [-0.25, -0.2) is 0 Å². The van der Waals surface area contributed by atoms with Crippen LogP contribution in [0.25, 0.3) is 0 Å². The first-order valence-corrected chi connectivity index (χ1v) is 11.9. The summed E-state index contributed by atoms with van der Waals surface area (Å²) < 4.78 is 11.1. The van der Waals surface area contributed by atoms with Gasteiger partial charge in [-0.3, -0.25) is 14.5 Å². The number of benzene rings is 2. The van der Waals surface area contributed by atoms with Gasteiger partial charge in [0.05, 0.1) is 13.2 Å². The number of para-hydroxylation sites is 1.